The van der Waals surface area contributed by atoms with Crippen molar-refractivity contribution in [2.75, 3.05) is 37.9 Å². The standard InChI is InChI=1S/C25H26N6.C25H25N5O2/c1-18-26-13-15-31(18)21-10-8-20(9-11-21)27-25-28-23-12-14-30(2)17-22(23)24(29-25)16-19-6-4-3-5-7-19;1-17-14-30(16-26-17)23-9-8-19(13-24(23)31-2)27-25-28-21-10-11-32-15-20(21)22(29-25)12-18-6-4-3-5-7-18/h3-11,13,15H,12,14,16-17H2,1-2H3,(H,27,28,29);3-9,13-14,16H,10-12,15H2,1-2H3,(H,27,28,29). The van der Waals surface area contributed by atoms with Gasteiger partial charge in [0.1, 0.15) is 11.6 Å². The Labute approximate surface area is 367 Å². The molecule has 6 heterocycles. The van der Waals surface area contributed by atoms with Crippen LogP contribution in [0.1, 0.15) is 56.5 Å². The SMILES string of the molecule is COc1cc(Nc2nc3c(c(Cc4ccccc4)n2)COCC3)ccc1-n1cnc(C)c1.Cc1nccn1-c1ccc(Nc2nc3c(c(Cc4ccccc4)n2)CN(C)CC3)cc1. The zero-order chi connectivity index (χ0) is 43.1. The summed E-state index contributed by atoms with van der Waals surface area (Å²) in [4.78, 5) is 30.4. The average molecular weight is 838 g/mol. The smallest absolute Gasteiger partial charge is 0.227 e. The molecule has 0 aliphatic carbocycles. The second-order valence-corrected chi connectivity index (χ2v) is 15.9. The summed E-state index contributed by atoms with van der Waals surface area (Å²) in [6, 6.07) is 35.1. The van der Waals surface area contributed by atoms with E-state index in [2.05, 4.69) is 104 Å². The molecule has 8 aromatic rings. The number of aromatic nitrogens is 8. The maximum atomic E-state index is 5.70. The van der Waals surface area contributed by atoms with Gasteiger partial charge in [-0.25, -0.2) is 29.9 Å². The van der Waals surface area contributed by atoms with Gasteiger partial charge in [0.25, 0.3) is 0 Å². The Morgan fingerprint density at radius 1 is 0.714 bits per heavy atom. The van der Waals surface area contributed by atoms with Gasteiger partial charge in [0.2, 0.25) is 11.9 Å². The van der Waals surface area contributed by atoms with Gasteiger partial charge in [0, 0.05) is 91.6 Å². The largest absolute Gasteiger partial charge is 0.494 e. The summed E-state index contributed by atoms with van der Waals surface area (Å²) in [6.07, 6.45) is 10.8. The fourth-order valence-corrected chi connectivity index (χ4v) is 8.03. The number of hydrogen-bond acceptors (Lipinski definition) is 11. The van der Waals surface area contributed by atoms with Crippen LogP contribution in [0.5, 0.6) is 5.75 Å². The average Bonchev–Trinajstić information content (AvgIpc) is 3.95. The summed E-state index contributed by atoms with van der Waals surface area (Å²) >= 11 is 0. The number of hydrogen-bond donors (Lipinski definition) is 2. The lowest BCUT2D eigenvalue weighted by molar-refractivity contribution is 0.108. The summed E-state index contributed by atoms with van der Waals surface area (Å²) < 4.78 is 15.3. The predicted molar refractivity (Wildman–Crippen MR) is 246 cm³/mol. The van der Waals surface area contributed by atoms with E-state index in [4.69, 9.17) is 29.4 Å². The van der Waals surface area contributed by atoms with Gasteiger partial charge in [-0.2, -0.15) is 0 Å². The Hall–Kier alpha value is -7.22. The van der Waals surface area contributed by atoms with Gasteiger partial charge < -0.3 is 34.1 Å². The summed E-state index contributed by atoms with van der Waals surface area (Å²) in [5.41, 5.74) is 14.0. The fraction of sp³-hybridized carbons (Fsp3) is 0.240. The van der Waals surface area contributed by atoms with Crippen LogP contribution in [0.25, 0.3) is 11.4 Å². The third-order valence-electron chi connectivity index (χ3n) is 11.3. The molecule has 318 valence electrons. The molecule has 0 spiro atoms. The molecule has 0 bridgehead atoms. The molecule has 13 heteroatoms. The van der Waals surface area contributed by atoms with Crippen LogP contribution >= 0.6 is 0 Å². The molecule has 4 aromatic heterocycles. The van der Waals surface area contributed by atoms with Gasteiger partial charge in [-0.15, -0.1) is 0 Å². The van der Waals surface area contributed by atoms with Gasteiger partial charge >= 0.3 is 0 Å². The van der Waals surface area contributed by atoms with Crippen molar-refractivity contribution in [2.45, 2.75) is 52.7 Å². The maximum absolute atomic E-state index is 5.70. The van der Waals surface area contributed by atoms with E-state index in [-0.39, 0.29) is 0 Å². The van der Waals surface area contributed by atoms with Crippen molar-refractivity contribution in [3.8, 4) is 17.1 Å². The predicted octanol–water partition coefficient (Wildman–Crippen LogP) is 8.68. The highest BCUT2D eigenvalue weighted by Crippen LogP contribution is 2.30. The fourth-order valence-electron chi connectivity index (χ4n) is 8.03. The molecule has 63 heavy (non-hydrogen) atoms. The van der Waals surface area contributed by atoms with Crippen LogP contribution in [0.3, 0.4) is 0 Å². The summed E-state index contributed by atoms with van der Waals surface area (Å²) in [6.45, 7) is 7.12. The summed E-state index contributed by atoms with van der Waals surface area (Å²) in [5, 5.41) is 6.79. The Morgan fingerprint density at radius 2 is 1.37 bits per heavy atom. The molecule has 0 saturated carbocycles. The first-order valence-corrected chi connectivity index (χ1v) is 21.3. The molecular weight excluding hydrogens is 787 g/mol. The van der Waals surface area contributed by atoms with Crippen LogP contribution in [0.2, 0.25) is 0 Å². The number of anilines is 4. The van der Waals surface area contributed by atoms with Crippen molar-refractivity contribution in [3.63, 3.8) is 0 Å². The van der Waals surface area contributed by atoms with E-state index < -0.39 is 0 Å². The Balaban J connectivity index is 0.000000160. The van der Waals surface area contributed by atoms with Gasteiger partial charge in [-0.05, 0) is 68.4 Å². The Bertz CT molecular complexity index is 2800. The minimum absolute atomic E-state index is 0.560. The first kappa shape index (κ1) is 41.1. The van der Waals surface area contributed by atoms with Crippen molar-refractivity contribution in [1.82, 2.24) is 43.9 Å². The van der Waals surface area contributed by atoms with E-state index >= 15 is 0 Å². The van der Waals surface area contributed by atoms with Crippen LogP contribution < -0.4 is 15.4 Å². The van der Waals surface area contributed by atoms with E-state index in [0.717, 1.165) is 107 Å². The second-order valence-electron chi connectivity index (χ2n) is 15.9. The number of imidazole rings is 2. The van der Waals surface area contributed by atoms with Crippen molar-refractivity contribution in [2.24, 2.45) is 0 Å². The van der Waals surface area contributed by atoms with Crippen LogP contribution in [-0.4, -0.2) is 71.2 Å². The minimum Gasteiger partial charge on any atom is -0.494 e. The normalized spacial score (nSPS) is 13.3. The molecule has 13 nitrogen and oxygen atoms in total. The Kier molecular flexibility index (Phi) is 12.3. The van der Waals surface area contributed by atoms with Crippen LogP contribution in [-0.2, 0) is 43.6 Å². The summed E-state index contributed by atoms with van der Waals surface area (Å²) in [5.74, 6) is 2.96. The number of methoxy groups -OCH3 is 1. The van der Waals surface area contributed by atoms with Crippen LogP contribution in [0, 0.1) is 13.8 Å². The molecule has 2 aliphatic heterocycles. The molecule has 0 amide bonds. The highest BCUT2D eigenvalue weighted by Gasteiger charge is 2.22. The van der Waals surface area contributed by atoms with E-state index in [9.17, 15) is 0 Å². The van der Waals surface area contributed by atoms with Crippen molar-refractivity contribution in [3.05, 3.63) is 185 Å². The van der Waals surface area contributed by atoms with Crippen molar-refractivity contribution < 1.29 is 9.47 Å². The number of nitrogens with one attached hydrogen (secondary N) is 2. The molecule has 2 N–H and O–H groups in total. The highest BCUT2D eigenvalue weighted by molar-refractivity contribution is 5.62. The molecule has 0 saturated heterocycles. The van der Waals surface area contributed by atoms with E-state index in [0.29, 0.717) is 25.1 Å². The maximum Gasteiger partial charge on any atom is 0.227 e. The van der Waals surface area contributed by atoms with E-state index in [1.807, 2.05) is 73.4 Å². The van der Waals surface area contributed by atoms with Crippen LogP contribution in [0.4, 0.5) is 23.3 Å². The zero-order valence-corrected chi connectivity index (χ0v) is 36.1. The van der Waals surface area contributed by atoms with Gasteiger partial charge in [0.05, 0.1) is 60.8 Å². The molecular formula is C50H51N11O2. The molecule has 0 radical (unpaired) electrons. The quantitative estimate of drug-likeness (QED) is 0.130. The third-order valence-corrected chi connectivity index (χ3v) is 11.3. The van der Waals surface area contributed by atoms with E-state index in [1.165, 1.54) is 16.7 Å². The van der Waals surface area contributed by atoms with E-state index in [1.54, 1.807) is 13.4 Å². The Morgan fingerprint density at radius 3 is 2.00 bits per heavy atom. The van der Waals surface area contributed by atoms with Crippen LogP contribution in [0.15, 0.2) is 128 Å². The number of fused-ring (bicyclic) bond motifs is 2. The number of nitrogens with zero attached hydrogens (tertiary/aromatic N) is 9. The number of likely N-dealkylation sites (N-methyl/N-ethyl adjacent to an activating group) is 1. The lowest BCUT2D eigenvalue weighted by Crippen LogP contribution is -2.29. The minimum atomic E-state index is 0.560. The number of ether oxygens (including phenoxy) is 2. The van der Waals surface area contributed by atoms with Gasteiger partial charge in [-0.3, -0.25) is 0 Å². The molecule has 0 fully saturated rings. The topological polar surface area (TPSA) is 133 Å². The molecule has 10 rings (SSSR count). The second kappa shape index (κ2) is 18.8. The third kappa shape index (κ3) is 9.80. The highest BCUT2D eigenvalue weighted by atomic mass is 16.5. The lowest BCUT2D eigenvalue weighted by Gasteiger charge is -2.26. The first-order chi connectivity index (χ1) is 30.8. The number of aryl methyl sites for hydroxylation is 2. The number of rotatable bonds is 11. The van der Waals surface area contributed by atoms with Gasteiger partial charge in [0.15, 0.2) is 0 Å². The molecule has 4 aromatic carbocycles. The molecule has 0 unspecified atom stereocenters. The monoisotopic (exact) mass is 837 g/mol. The first-order valence-electron chi connectivity index (χ1n) is 21.3. The van der Waals surface area contributed by atoms with Crippen molar-refractivity contribution >= 4 is 23.3 Å². The molecule has 0 atom stereocenters. The van der Waals surface area contributed by atoms with Crippen molar-refractivity contribution in [1.29, 1.82) is 0 Å². The number of benzene rings is 4. The lowest BCUT2D eigenvalue weighted by atomic mass is 9.99. The zero-order valence-electron chi connectivity index (χ0n) is 36.1. The summed E-state index contributed by atoms with van der Waals surface area (Å²) in [7, 11) is 3.82. The molecule has 2 aliphatic rings. The van der Waals surface area contributed by atoms with Gasteiger partial charge in [-0.1, -0.05) is 60.7 Å².